The highest BCUT2D eigenvalue weighted by Crippen LogP contribution is 2.33. The van der Waals surface area contributed by atoms with E-state index in [9.17, 15) is 10.2 Å². The van der Waals surface area contributed by atoms with Gasteiger partial charge in [0.05, 0.1) is 22.9 Å². The van der Waals surface area contributed by atoms with Gasteiger partial charge in [0.2, 0.25) is 5.95 Å². The number of fused-ring (bicyclic) bond motifs is 1. The fourth-order valence-electron chi connectivity index (χ4n) is 4.68. The molecule has 2 atom stereocenters. The van der Waals surface area contributed by atoms with Crippen LogP contribution < -0.4 is 5.32 Å². The maximum atomic E-state index is 9.82. The van der Waals surface area contributed by atoms with Crippen LogP contribution >= 0.6 is 11.6 Å². The Morgan fingerprint density at radius 3 is 2.66 bits per heavy atom. The van der Waals surface area contributed by atoms with Crippen molar-refractivity contribution in [2.24, 2.45) is 0 Å². The first-order valence-electron chi connectivity index (χ1n) is 11.9. The molecule has 0 aliphatic carbocycles. The Balaban J connectivity index is 1.36. The van der Waals surface area contributed by atoms with E-state index in [1.54, 1.807) is 16.9 Å². The third kappa shape index (κ3) is 4.64. The number of benzene rings is 1. The minimum atomic E-state index is -0.705. The molecule has 0 bridgehead atoms. The van der Waals surface area contributed by atoms with Crippen LogP contribution in [0.2, 0.25) is 5.02 Å². The molecule has 1 aliphatic rings. The van der Waals surface area contributed by atoms with Crippen molar-refractivity contribution in [3.63, 3.8) is 0 Å². The molecule has 10 heteroatoms. The van der Waals surface area contributed by atoms with E-state index in [2.05, 4.69) is 37.9 Å². The molecule has 1 fully saturated rings. The molecule has 0 radical (unpaired) electrons. The van der Waals surface area contributed by atoms with Crippen molar-refractivity contribution in [3.05, 3.63) is 58.6 Å². The molecule has 184 valence electrons. The zero-order valence-electron chi connectivity index (χ0n) is 20.1. The van der Waals surface area contributed by atoms with E-state index in [0.717, 1.165) is 51.5 Å². The summed E-state index contributed by atoms with van der Waals surface area (Å²) in [6, 6.07) is 7.92. The number of hydrogen-bond donors (Lipinski definition) is 3. The lowest BCUT2D eigenvalue weighted by Crippen LogP contribution is -2.22. The zero-order chi connectivity index (χ0) is 24.7. The van der Waals surface area contributed by atoms with Crippen molar-refractivity contribution in [1.29, 1.82) is 0 Å². The van der Waals surface area contributed by atoms with Crippen molar-refractivity contribution < 1.29 is 10.2 Å². The molecule has 3 aromatic heterocycles. The smallest absolute Gasteiger partial charge is 0.229 e. The van der Waals surface area contributed by atoms with Gasteiger partial charge in [-0.2, -0.15) is 10.1 Å². The average molecular weight is 496 g/mol. The van der Waals surface area contributed by atoms with E-state index in [1.165, 1.54) is 0 Å². The van der Waals surface area contributed by atoms with Crippen molar-refractivity contribution >= 4 is 34.1 Å². The minimum Gasteiger partial charge on any atom is -0.389 e. The van der Waals surface area contributed by atoms with Crippen LogP contribution in [-0.2, 0) is 13.1 Å². The Bertz CT molecular complexity index is 1360. The summed E-state index contributed by atoms with van der Waals surface area (Å²) in [4.78, 5) is 11.0. The standard InChI is InChI=1S/C25H30ClN7O2/c1-4-9-32-16(3)24(26)19-10-18(5-6-20(19)32)28-25-27-8-7-23(29-25)33-12-17(15(2)30-33)11-31-13-21(34)22(35)14-31/h5-8,10,12,21-22,34-35H,4,9,11,13-14H2,1-3H3,(H,27,28,29)/t21-,22+. The van der Waals surface area contributed by atoms with Gasteiger partial charge in [0.1, 0.15) is 0 Å². The molecule has 4 aromatic rings. The first-order valence-corrected chi connectivity index (χ1v) is 12.2. The second-order valence-electron chi connectivity index (χ2n) is 9.16. The summed E-state index contributed by atoms with van der Waals surface area (Å²) in [5, 5.41) is 29.3. The molecule has 0 saturated carbocycles. The third-order valence-corrected chi connectivity index (χ3v) is 7.03. The largest absolute Gasteiger partial charge is 0.389 e. The summed E-state index contributed by atoms with van der Waals surface area (Å²) < 4.78 is 3.98. The Hall–Kier alpha value is -2.98. The van der Waals surface area contributed by atoms with Crippen molar-refractivity contribution in [2.75, 3.05) is 18.4 Å². The average Bonchev–Trinajstić information content (AvgIpc) is 3.44. The number of hydrogen-bond acceptors (Lipinski definition) is 7. The number of nitrogens with one attached hydrogen (secondary N) is 1. The van der Waals surface area contributed by atoms with Gasteiger partial charge in [-0.25, -0.2) is 9.67 Å². The predicted octanol–water partition coefficient (Wildman–Crippen LogP) is 3.58. The van der Waals surface area contributed by atoms with Gasteiger partial charge in [0, 0.05) is 72.5 Å². The third-order valence-electron chi connectivity index (χ3n) is 6.55. The van der Waals surface area contributed by atoms with Crippen LogP contribution in [0.15, 0.2) is 36.7 Å². The molecule has 0 spiro atoms. The van der Waals surface area contributed by atoms with Crippen LogP contribution in [0.5, 0.6) is 0 Å². The summed E-state index contributed by atoms with van der Waals surface area (Å²) in [7, 11) is 0. The number of likely N-dealkylation sites (tertiary alicyclic amines) is 1. The number of nitrogens with zero attached hydrogens (tertiary/aromatic N) is 6. The number of aryl methyl sites for hydroxylation is 2. The Labute approximate surface area is 209 Å². The number of aliphatic hydroxyl groups excluding tert-OH is 2. The van der Waals surface area contributed by atoms with Crippen LogP contribution in [0.4, 0.5) is 11.6 Å². The lowest BCUT2D eigenvalue weighted by Gasteiger charge is -2.13. The van der Waals surface area contributed by atoms with Gasteiger partial charge in [-0.1, -0.05) is 18.5 Å². The van der Waals surface area contributed by atoms with Crippen LogP contribution in [0.3, 0.4) is 0 Å². The molecule has 3 N–H and O–H groups in total. The number of rotatable bonds is 7. The summed E-state index contributed by atoms with van der Waals surface area (Å²) in [6.07, 6.45) is 3.26. The van der Waals surface area contributed by atoms with E-state index in [1.807, 2.05) is 37.1 Å². The molecule has 35 heavy (non-hydrogen) atoms. The lowest BCUT2D eigenvalue weighted by atomic mass is 10.2. The molecular formula is C25H30ClN7O2. The Morgan fingerprint density at radius 2 is 1.91 bits per heavy atom. The highest BCUT2D eigenvalue weighted by atomic mass is 35.5. The van der Waals surface area contributed by atoms with Crippen LogP contribution in [-0.4, -0.2) is 64.7 Å². The molecule has 1 aliphatic heterocycles. The first-order chi connectivity index (χ1) is 16.8. The van der Waals surface area contributed by atoms with E-state index >= 15 is 0 Å². The number of anilines is 2. The Morgan fingerprint density at radius 1 is 1.14 bits per heavy atom. The highest BCUT2D eigenvalue weighted by Gasteiger charge is 2.30. The van der Waals surface area contributed by atoms with Gasteiger partial charge >= 0.3 is 0 Å². The highest BCUT2D eigenvalue weighted by molar-refractivity contribution is 6.36. The van der Waals surface area contributed by atoms with Crippen molar-refractivity contribution in [2.45, 2.75) is 52.5 Å². The summed E-state index contributed by atoms with van der Waals surface area (Å²) in [6.45, 7) is 8.58. The van der Waals surface area contributed by atoms with Crippen molar-refractivity contribution in [3.8, 4) is 5.82 Å². The molecule has 9 nitrogen and oxygen atoms in total. The van der Waals surface area contributed by atoms with Gasteiger partial charge in [0.25, 0.3) is 0 Å². The predicted molar refractivity (Wildman–Crippen MR) is 136 cm³/mol. The van der Waals surface area contributed by atoms with Gasteiger partial charge in [-0.15, -0.1) is 0 Å². The fraction of sp³-hybridized carbons (Fsp3) is 0.400. The lowest BCUT2D eigenvalue weighted by molar-refractivity contribution is 0.0572. The quantitative estimate of drug-likeness (QED) is 0.360. The molecule has 0 amide bonds. The summed E-state index contributed by atoms with van der Waals surface area (Å²) in [5.41, 5.74) is 4.94. The maximum Gasteiger partial charge on any atom is 0.229 e. The second-order valence-corrected chi connectivity index (χ2v) is 9.54. The Kier molecular flexibility index (Phi) is 6.50. The van der Waals surface area contributed by atoms with Gasteiger partial charge in [-0.3, -0.25) is 4.90 Å². The molecule has 5 rings (SSSR count). The number of β-amino-alcohol motifs (C(OH)–C–C–N with tert-alkyl or cyclic N) is 2. The molecule has 1 saturated heterocycles. The normalized spacial score (nSPS) is 18.6. The summed E-state index contributed by atoms with van der Waals surface area (Å²) >= 11 is 6.63. The zero-order valence-corrected chi connectivity index (χ0v) is 20.9. The van der Waals surface area contributed by atoms with Gasteiger partial charge in [-0.05, 0) is 38.5 Å². The van der Waals surface area contributed by atoms with Crippen LogP contribution in [0.25, 0.3) is 16.7 Å². The van der Waals surface area contributed by atoms with Gasteiger partial charge in [0.15, 0.2) is 5.82 Å². The monoisotopic (exact) mass is 495 g/mol. The van der Waals surface area contributed by atoms with E-state index in [0.29, 0.717) is 31.4 Å². The topological polar surface area (TPSA) is 104 Å². The second kappa shape index (κ2) is 9.58. The minimum absolute atomic E-state index is 0.447. The summed E-state index contributed by atoms with van der Waals surface area (Å²) in [5.74, 6) is 1.10. The van der Waals surface area contributed by atoms with E-state index in [-0.39, 0.29) is 0 Å². The molecule has 4 heterocycles. The van der Waals surface area contributed by atoms with Crippen LogP contribution in [0, 0.1) is 13.8 Å². The van der Waals surface area contributed by atoms with E-state index in [4.69, 9.17) is 11.6 Å². The number of halogens is 1. The van der Waals surface area contributed by atoms with E-state index < -0.39 is 12.2 Å². The van der Waals surface area contributed by atoms with Gasteiger partial charge < -0.3 is 20.1 Å². The number of aromatic nitrogens is 5. The molecular weight excluding hydrogens is 466 g/mol. The molecule has 0 unspecified atom stereocenters. The SMILES string of the molecule is CCCn1c(C)c(Cl)c2cc(Nc3nccc(-n4cc(CN5C[C@@H](O)[C@@H](O)C5)c(C)n4)n3)ccc21. The maximum absolute atomic E-state index is 9.82. The van der Waals surface area contributed by atoms with Crippen molar-refractivity contribution in [1.82, 2.24) is 29.2 Å². The fourth-order valence-corrected chi connectivity index (χ4v) is 4.94. The number of aliphatic hydroxyl groups is 2. The van der Waals surface area contributed by atoms with Crippen LogP contribution in [0.1, 0.15) is 30.3 Å². The molecule has 1 aromatic carbocycles. The first kappa shape index (κ1) is 23.7.